The molecule has 3 aromatic rings. The van der Waals surface area contributed by atoms with Crippen molar-refractivity contribution >= 4 is 29.3 Å². The van der Waals surface area contributed by atoms with Crippen LogP contribution in [0.15, 0.2) is 66.9 Å². The highest BCUT2D eigenvalue weighted by atomic mass is 16.5. The highest BCUT2D eigenvalue weighted by molar-refractivity contribution is 6.07. The molecule has 0 spiro atoms. The summed E-state index contributed by atoms with van der Waals surface area (Å²) in [5, 5.41) is 5.10. The average molecular weight is 470 g/mol. The molecule has 176 valence electrons. The number of carbonyl (C=O) groups excluding carboxylic acids is 4. The summed E-state index contributed by atoms with van der Waals surface area (Å²) < 4.78 is 5.83. The first-order valence-corrected chi connectivity index (χ1v) is 11.2. The number of ether oxygens (including phenoxy) is 1. The fourth-order valence-electron chi connectivity index (χ4n) is 4.26. The van der Waals surface area contributed by atoms with E-state index in [4.69, 9.17) is 4.74 Å². The number of pyridine rings is 1. The van der Waals surface area contributed by atoms with E-state index in [0.29, 0.717) is 35.6 Å². The molecule has 1 saturated heterocycles. The van der Waals surface area contributed by atoms with Crippen molar-refractivity contribution in [2.45, 2.75) is 32.0 Å². The van der Waals surface area contributed by atoms with Gasteiger partial charge in [0, 0.05) is 30.4 Å². The molecular formula is C26H22N4O5. The van der Waals surface area contributed by atoms with E-state index in [1.807, 2.05) is 30.3 Å². The first-order chi connectivity index (χ1) is 17.0. The maximum atomic E-state index is 13.0. The Balaban J connectivity index is 1.29. The Hall–Kier alpha value is -4.53. The van der Waals surface area contributed by atoms with Gasteiger partial charge in [-0.05, 0) is 47.9 Å². The van der Waals surface area contributed by atoms with Crippen LogP contribution >= 0.6 is 0 Å². The number of aromatic nitrogens is 1. The number of anilines is 1. The minimum Gasteiger partial charge on any atom is -0.486 e. The van der Waals surface area contributed by atoms with E-state index in [1.165, 1.54) is 11.1 Å². The van der Waals surface area contributed by atoms with E-state index in [2.05, 4.69) is 15.6 Å². The standard InChI is InChI=1S/C26H22N4O5/c31-22-11-10-20(24(32)29-22)30-14-17-13-18(8-9-19(17)26(30)34)28-25(33)23-21(7-4-12-27-23)35-15-16-5-2-1-3-6-16/h1-9,12-13,20H,10-11,14-15H2,(H,28,33)(H,29,31,32). The number of amides is 4. The second-order valence-electron chi connectivity index (χ2n) is 8.35. The van der Waals surface area contributed by atoms with Crippen LogP contribution in [0.1, 0.15) is 44.8 Å². The highest BCUT2D eigenvalue weighted by Gasteiger charge is 2.39. The second kappa shape index (κ2) is 9.38. The highest BCUT2D eigenvalue weighted by Crippen LogP contribution is 2.30. The van der Waals surface area contributed by atoms with Gasteiger partial charge in [-0.2, -0.15) is 0 Å². The Bertz CT molecular complexity index is 1320. The van der Waals surface area contributed by atoms with E-state index in [-0.39, 0.29) is 30.5 Å². The van der Waals surface area contributed by atoms with E-state index in [9.17, 15) is 19.2 Å². The Morgan fingerprint density at radius 3 is 2.71 bits per heavy atom. The lowest BCUT2D eigenvalue weighted by atomic mass is 10.0. The number of benzene rings is 2. The summed E-state index contributed by atoms with van der Waals surface area (Å²) in [6, 6.07) is 17.3. The molecule has 1 atom stereocenters. The van der Waals surface area contributed by atoms with Crippen LogP contribution in [-0.4, -0.2) is 39.6 Å². The third-order valence-electron chi connectivity index (χ3n) is 6.00. The van der Waals surface area contributed by atoms with Gasteiger partial charge < -0.3 is 15.0 Å². The predicted octanol–water partition coefficient (Wildman–Crippen LogP) is 2.67. The molecule has 0 radical (unpaired) electrons. The summed E-state index contributed by atoms with van der Waals surface area (Å²) in [6.07, 6.45) is 2.00. The number of rotatable bonds is 6. The van der Waals surface area contributed by atoms with Gasteiger partial charge in [0.25, 0.3) is 11.8 Å². The number of hydrogen-bond acceptors (Lipinski definition) is 6. The third-order valence-corrected chi connectivity index (χ3v) is 6.00. The molecule has 0 bridgehead atoms. The zero-order valence-electron chi connectivity index (χ0n) is 18.7. The normalized spacial score (nSPS) is 17.1. The lowest BCUT2D eigenvalue weighted by molar-refractivity contribution is -0.136. The maximum Gasteiger partial charge on any atom is 0.278 e. The largest absolute Gasteiger partial charge is 0.486 e. The molecule has 2 aliphatic rings. The zero-order chi connectivity index (χ0) is 24.4. The lowest BCUT2D eigenvalue weighted by Gasteiger charge is -2.29. The van der Waals surface area contributed by atoms with Crippen LogP contribution in [0.4, 0.5) is 5.69 Å². The quantitative estimate of drug-likeness (QED) is 0.535. The van der Waals surface area contributed by atoms with Crippen LogP contribution in [0.5, 0.6) is 5.75 Å². The molecule has 1 fully saturated rings. The second-order valence-corrected chi connectivity index (χ2v) is 8.35. The molecule has 9 heteroatoms. The minimum absolute atomic E-state index is 0.144. The molecule has 4 amide bonds. The van der Waals surface area contributed by atoms with Crippen LogP contribution in [0.25, 0.3) is 0 Å². The fraction of sp³-hybridized carbons (Fsp3) is 0.192. The summed E-state index contributed by atoms with van der Waals surface area (Å²) in [7, 11) is 0. The Labute approximate surface area is 201 Å². The van der Waals surface area contributed by atoms with E-state index < -0.39 is 17.9 Å². The molecule has 1 aromatic heterocycles. The number of hydrogen-bond donors (Lipinski definition) is 2. The van der Waals surface area contributed by atoms with Gasteiger partial charge in [-0.15, -0.1) is 0 Å². The van der Waals surface area contributed by atoms with E-state index in [1.54, 1.807) is 30.3 Å². The van der Waals surface area contributed by atoms with Crippen molar-refractivity contribution in [2.24, 2.45) is 0 Å². The minimum atomic E-state index is -0.691. The van der Waals surface area contributed by atoms with Crippen molar-refractivity contribution in [2.75, 3.05) is 5.32 Å². The molecule has 35 heavy (non-hydrogen) atoms. The van der Waals surface area contributed by atoms with Crippen LogP contribution in [0.3, 0.4) is 0 Å². The van der Waals surface area contributed by atoms with Crippen LogP contribution < -0.4 is 15.4 Å². The smallest absolute Gasteiger partial charge is 0.278 e. The van der Waals surface area contributed by atoms with E-state index in [0.717, 1.165) is 5.56 Å². The van der Waals surface area contributed by atoms with Crippen LogP contribution in [0.2, 0.25) is 0 Å². The van der Waals surface area contributed by atoms with Crippen LogP contribution in [-0.2, 0) is 22.7 Å². The van der Waals surface area contributed by atoms with Crippen molar-refractivity contribution < 1.29 is 23.9 Å². The molecule has 9 nitrogen and oxygen atoms in total. The Morgan fingerprint density at radius 2 is 1.91 bits per heavy atom. The van der Waals surface area contributed by atoms with Crippen molar-refractivity contribution in [1.29, 1.82) is 0 Å². The third kappa shape index (κ3) is 4.61. The van der Waals surface area contributed by atoms with Crippen molar-refractivity contribution in [1.82, 2.24) is 15.2 Å². The number of fused-ring (bicyclic) bond motifs is 1. The monoisotopic (exact) mass is 470 g/mol. The summed E-state index contributed by atoms with van der Waals surface area (Å²) in [6.45, 7) is 0.517. The fourth-order valence-corrected chi connectivity index (χ4v) is 4.26. The summed E-state index contributed by atoms with van der Waals surface area (Å²) in [4.78, 5) is 55.2. The molecule has 1 unspecified atom stereocenters. The number of piperidine rings is 1. The first kappa shape index (κ1) is 22.3. The summed E-state index contributed by atoms with van der Waals surface area (Å²) >= 11 is 0. The van der Waals surface area contributed by atoms with E-state index >= 15 is 0 Å². The number of carbonyl (C=O) groups is 4. The summed E-state index contributed by atoms with van der Waals surface area (Å²) in [5.74, 6) is -1.15. The van der Waals surface area contributed by atoms with Gasteiger partial charge in [0.2, 0.25) is 11.8 Å². The van der Waals surface area contributed by atoms with Gasteiger partial charge in [0.1, 0.15) is 12.6 Å². The van der Waals surface area contributed by atoms with Gasteiger partial charge in [-0.3, -0.25) is 24.5 Å². The molecule has 2 aliphatic heterocycles. The van der Waals surface area contributed by atoms with Gasteiger partial charge in [0.05, 0.1) is 0 Å². The summed E-state index contributed by atoms with van der Waals surface area (Å²) in [5.41, 5.74) is 2.76. The first-order valence-electron chi connectivity index (χ1n) is 11.2. The molecule has 0 saturated carbocycles. The van der Waals surface area contributed by atoms with Crippen molar-refractivity contribution in [3.05, 3.63) is 89.2 Å². The molecule has 0 aliphatic carbocycles. The topological polar surface area (TPSA) is 118 Å². The Kier molecular flexibility index (Phi) is 5.97. The van der Waals surface area contributed by atoms with Gasteiger partial charge in [-0.25, -0.2) is 4.98 Å². The maximum absolute atomic E-state index is 13.0. The molecular weight excluding hydrogens is 448 g/mol. The number of nitrogens with one attached hydrogen (secondary N) is 2. The molecule has 5 rings (SSSR count). The zero-order valence-corrected chi connectivity index (χ0v) is 18.7. The van der Waals surface area contributed by atoms with Crippen molar-refractivity contribution in [3.63, 3.8) is 0 Å². The number of imide groups is 1. The Morgan fingerprint density at radius 1 is 1.09 bits per heavy atom. The number of nitrogens with zero attached hydrogens (tertiary/aromatic N) is 2. The van der Waals surface area contributed by atoms with Gasteiger partial charge >= 0.3 is 0 Å². The SMILES string of the molecule is O=C1CCC(N2Cc3cc(NC(=O)c4ncccc4OCc4ccccc4)ccc3C2=O)C(=O)N1. The molecule has 2 N–H and O–H groups in total. The predicted molar refractivity (Wildman–Crippen MR) is 125 cm³/mol. The van der Waals surface area contributed by atoms with Gasteiger partial charge in [0.15, 0.2) is 11.4 Å². The average Bonchev–Trinajstić information content (AvgIpc) is 3.19. The van der Waals surface area contributed by atoms with Crippen LogP contribution in [0, 0.1) is 0 Å². The van der Waals surface area contributed by atoms with Gasteiger partial charge in [-0.1, -0.05) is 30.3 Å². The lowest BCUT2D eigenvalue weighted by Crippen LogP contribution is -2.52. The molecule has 2 aromatic carbocycles. The van der Waals surface area contributed by atoms with Crippen molar-refractivity contribution in [3.8, 4) is 5.75 Å². The molecule has 3 heterocycles.